The van der Waals surface area contributed by atoms with Gasteiger partial charge in [-0.2, -0.15) is 0 Å². The molecule has 0 spiro atoms. The second kappa shape index (κ2) is 15.9. The zero-order valence-corrected chi connectivity index (χ0v) is 8.36. The molecule has 0 aliphatic heterocycles. The topological polar surface area (TPSA) is 40.5 Å². The Morgan fingerprint density at radius 2 is 1.50 bits per heavy atom. The summed E-state index contributed by atoms with van der Waals surface area (Å²) in [4.78, 5) is 0. The van der Waals surface area contributed by atoms with E-state index in [1.807, 2.05) is 0 Å². The summed E-state index contributed by atoms with van der Waals surface area (Å²) in [5, 5.41) is 16.0. The van der Waals surface area contributed by atoms with E-state index in [0.717, 1.165) is 0 Å². The molecule has 48 valence electrons. The second-order valence-electron chi connectivity index (χ2n) is 1.03. The van der Waals surface area contributed by atoms with Crippen molar-refractivity contribution in [2.75, 3.05) is 6.61 Å². The number of aliphatic hydroxyl groups excluding tert-OH is 2. The summed E-state index contributed by atoms with van der Waals surface area (Å²) < 4.78 is 0. The Kier molecular flexibility index (Phi) is 44.9. The first-order valence-corrected chi connectivity index (χ1v) is 1.56. The van der Waals surface area contributed by atoms with Gasteiger partial charge in [0.15, 0.2) is 0 Å². The van der Waals surface area contributed by atoms with Crippen LogP contribution in [0, 0.1) is 0 Å². The Hall–Kier alpha value is 1.76. The van der Waals surface area contributed by atoms with Crippen LogP contribution in [0.1, 0.15) is 6.92 Å². The zero-order chi connectivity index (χ0) is 4.28. The van der Waals surface area contributed by atoms with Crippen molar-refractivity contribution in [1.82, 2.24) is 0 Å². The molecule has 0 saturated heterocycles. The van der Waals surface area contributed by atoms with Gasteiger partial charge in [0.25, 0.3) is 0 Å². The van der Waals surface area contributed by atoms with Gasteiger partial charge in [-0.3, -0.25) is 0 Å². The Morgan fingerprint density at radius 1 is 1.38 bits per heavy atom. The van der Waals surface area contributed by atoms with Crippen LogP contribution in [0.15, 0.2) is 0 Å². The number of halogens is 2. The quantitative estimate of drug-likeness (QED) is 0.400. The van der Waals surface area contributed by atoms with E-state index < -0.39 is 6.10 Å². The molecular formula is C3H8CaCl2O2. The van der Waals surface area contributed by atoms with Gasteiger partial charge < -0.3 is 35.0 Å². The normalized spacial score (nSPS) is 9.38. The Balaban J connectivity index is -0.0000000267. The van der Waals surface area contributed by atoms with Gasteiger partial charge >= 0.3 is 37.7 Å². The first-order chi connectivity index (χ1) is 2.27. The number of hydrogen-bond donors (Lipinski definition) is 2. The van der Waals surface area contributed by atoms with Crippen molar-refractivity contribution in [3.05, 3.63) is 0 Å². The number of aliphatic hydroxyl groups is 2. The molecule has 1 atom stereocenters. The predicted molar refractivity (Wildman–Crippen MR) is 24.5 cm³/mol. The fourth-order valence-corrected chi connectivity index (χ4v) is 0. The van der Waals surface area contributed by atoms with Gasteiger partial charge in [-0.05, 0) is 6.92 Å². The minimum atomic E-state index is -0.560. The van der Waals surface area contributed by atoms with Gasteiger partial charge in [0.2, 0.25) is 0 Å². The van der Waals surface area contributed by atoms with Crippen molar-refractivity contribution in [3.63, 3.8) is 0 Å². The van der Waals surface area contributed by atoms with E-state index in [9.17, 15) is 0 Å². The molecule has 2 N–H and O–H groups in total. The summed E-state index contributed by atoms with van der Waals surface area (Å²) in [7, 11) is 0. The summed E-state index contributed by atoms with van der Waals surface area (Å²) in [6.07, 6.45) is -0.560. The first kappa shape index (κ1) is 22.6. The fraction of sp³-hybridized carbons (Fsp3) is 1.00. The van der Waals surface area contributed by atoms with Crippen LogP contribution in [0.25, 0.3) is 0 Å². The molecule has 1 unspecified atom stereocenters. The maximum Gasteiger partial charge on any atom is 2.00 e. The van der Waals surface area contributed by atoms with Crippen molar-refractivity contribution >= 4 is 37.7 Å². The van der Waals surface area contributed by atoms with Crippen molar-refractivity contribution < 1.29 is 35.0 Å². The van der Waals surface area contributed by atoms with Crippen LogP contribution in [-0.2, 0) is 0 Å². The second-order valence-corrected chi connectivity index (χ2v) is 1.03. The number of rotatable bonds is 1. The monoisotopic (exact) mass is 186 g/mol. The molecule has 0 radical (unpaired) electrons. The third-order valence-corrected chi connectivity index (χ3v) is 0.264. The van der Waals surface area contributed by atoms with Crippen LogP contribution in [0.4, 0.5) is 0 Å². The van der Waals surface area contributed by atoms with E-state index in [2.05, 4.69) is 0 Å². The van der Waals surface area contributed by atoms with Gasteiger partial charge in [0.05, 0.1) is 12.7 Å². The maximum absolute atomic E-state index is 8.11. The standard InChI is InChI=1S/C3H8O2.Ca.2ClH/c1-3(5)2-4;;;/h3-5H,2H2,1H3;;2*1H/q;+2;;/p-2. The van der Waals surface area contributed by atoms with Gasteiger partial charge in [-0.15, -0.1) is 0 Å². The molecule has 0 aliphatic carbocycles. The van der Waals surface area contributed by atoms with E-state index in [1.165, 1.54) is 6.92 Å². The summed E-state index contributed by atoms with van der Waals surface area (Å²) in [6, 6.07) is 0. The molecule has 8 heavy (non-hydrogen) atoms. The minimum absolute atomic E-state index is 0. The molecule has 0 aromatic heterocycles. The van der Waals surface area contributed by atoms with Gasteiger partial charge in [-0.1, -0.05) is 0 Å². The van der Waals surface area contributed by atoms with Crippen LogP contribution in [0.3, 0.4) is 0 Å². The van der Waals surface area contributed by atoms with E-state index >= 15 is 0 Å². The van der Waals surface area contributed by atoms with E-state index in [0.29, 0.717) is 0 Å². The summed E-state index contributed by atoms with van der Waals surface area (Å²) in [6.45, 7) is 1.39. The molecule has 0 bridgehead atoms. The van der Waals surface area contributed by atoms with Crippen molar-refractivity contribution in [2.45, 2.75) is 13.0 Å². The predicted octanol–water partition coefficient (Wildman–Crippen LogP) is -7.01. The molecule has 0 aromatic rings. The zero-order valence-electron chi connectivity index (χ0n) is 4.64. The van der Waals surface area contributed by atoms with Gasteiger partial charge in [-0.25, -0.2) is 0 Å². The average Bonchev–Trinajstić information content (AvgIpc) is 1.38. The molecule has 0 amide bonds. The summed E-state index contributed by atoms with van der Waals surface area (Å²) in [5.41, 5.74) is 0. The molecule has 2 nitrogen and oxygen atoms in total. The van der Waals surface area contributed by atoms with Crippen LogP contribution >= 0.6 is 0 Å². The number of hydrogen-bond acceptors (Lipinski definition) is 2. The molecule has 0 saturated carbocycles. The summed E-state index contributed by atoms with van der Waals surface area (Å²) in [5.74, 6) is 0. The van der Waals surface area contributed by atoms with Crippen molar-refractivity contribution in [3.8, 4) is 0 Å². The fourth-order valence-electron chi connectivity index (χ4n) is 0. The Morgan fingerprint density at radius 3 is 1.50 bits per heavy atom. The van der Waals surface area contributed by atoms with Gasteiger partial charge in [0, 0.05) is 0 Å². The third kappa shape index (κ3) is 25.1. The summed E-state index contributed by atoms with van der Waals surface area (Å²) >= 11 is 0. The van der Waals surface area contributed by atoms with Gasteiger partial charge in [0.1, 0.15) is 0 Å². The van der Waals surface area contributed by atoms with E-state index in [4.69, 9.17) is 10.2 Å². The van der Waals surface area contributed by atoms with E-state index in [1.54, 1.807) is 0 Å². The SMILES string of the molecule is CC(O)CO.[Ca+2].[Cl-].[Cl-]. The molecule has 0 heterocycles. The van der Waals surface area contributed by atoms with Crippen molar-refractivity contribution in [2.24, 2.45) is 0 Å². The Bertz CT molecular complexity index is 29.2. The maximum atomic E-state index is 8.11. The largest absolute Gasteiger partial charge is 2.00 e. The minimum Gasteiger partial charge on any atom is -1.00 e. The van der Waals surface area contributed by atoms with Crippen LogP contribution in [0.2, 0.25) is 0 Å². The molecule has 0 aromatic carbocycles. The third-order valence-electron chi connectivity index (χ3n) is 0.264. The van der Waals surface area contributed by atoms with Crippen LogP contribution < -0.4 is 24.8 Å². The molecule has 0 fully saturated rings. The van der Waals surface area contributed by atoms with Crippen LogP contribution in [-0.4, -0.2) is 60.7 Å². The van der Waals surface area contributed by atoms with Crippen LogP contribution in [0.5, 0.6) is 0 Å². The first-order valence-electron chi connectivity index (χ1n) is 1.56. The molecule has 5 heteroatoms. The molecular weight excluding hydrogens is 179 g/mol. The molecule has 0 aliphatic rings. The smallest absolute Gasteiger partial charge is 1.00 e. The Labute approximate surface area is 91.5 Å². The van der Waals surface area contributed by atoms with E-state index in [-0.39, 0.29) is 69.2 Å². The van der Waals surface area contributed by atoms with Crippen molar-refractivity contribution in [1.29, 1.82) is 0 Å². The molecule has 0 rings (SSSR count). The average molecular weight is 187 g/mol.